The molecule has 0 fully saturated rings. The Morgan fingerprint density at radius 1 is 1.47 bits per heavy atom. The number of amides is 1. The molecule has 6 nitrogen and oxygen atoms in total. The Hall–Kier alpha value is -1.70. The Morgan fingerprint density at radius 3 is 2.84 bits per heavy atom. The fraction of sp³-hybridized carbons (Fsp3) is 0.182. The summed E-state index contributed by atoms with van der Waals surface area (Å²) in [6, 6.07) is 1.51. The van der Waals surface area contributed by atoms with Crippen LogP contribution in [-0.4, -0.2) is 15.9 Å². The maximum atomic E-state index is 11.9. The quantitative estimate of drug-likeness (QED) is 0.590. The summed E-state index contributed by atoms with van der Waals surface area (Å²) < 4.78 is 0. The highest BCUT2D eigenvalue weighted by Crippen LogP contribution is 2.19. The van der Waals surface area contributed by atoms with Crippen LogP contribution in [0.15, 0.2) is 18.5 Å². The highest BCUT2D eigenvalue weighted by molar-refractivity contribution is 7.11. The fourth-order valence-electron chi connectivity index (χ4n) is 1.42. The first-order chi connectivity index (χ1) is 9.10. The molecule has 2 aromatic heterocycles. The third-order valence-corrected chi connectivity index (χ3v) is 3.53. The van der Waals surface area contributed by atoms with E-state index in [1.165, 1.54) is 12.3 Å². The maximum absolute atomic E-state index is 11.9. The zero-order chi connectivity index (χ0) is 13.8. The van der Waals surface area contributed by atoms with Crippen LogP contribution in [0.1, 0.15) is 20.2 Å². The Morgan fingerprint density at radius 2 is 2.26 bits per heavy atom. The number of nitrogen functional groups attached to an aromatic ring is 1. The monoisotopic (exact) mass is 297 g/mol. The summed E-state index contributed by atoms with van der Waals surface area (Å²) in [4.78, 5) is 20.9. The lowest BCUT2D eigenvalue weighted by atomic mass is 10.2. The summed E-state index contributed by atoms with van der Waals surface area (Å²) in [7, 11) is 0. The topological polar surface area (TPSA) is 92.9 Å². The normalized spacial score (nSPS) is 10.3. The molecule has 0 aliphatic heterocycles. The number of rotatable bonds is 4. The van der Waals surface area contributed by atoms with E-state index < -0.39 is 0 Å². The molecule has 2 heterocycles. The highest BCUT2D eigenvalue weighted by atomic mass is 35.5. The highest BCUT2D eigenvalue weighted by Gasteiger charge is 2.09. The molecular weight excluding hydrogens is 286 g/mol. The van der Waals surface area contributed by atoms with E-state index in [2.05, 4.69) is 20.7 Å². The van der Waals surface area contributed by atoms with Gasteiger partial charge in [0.05, 0.1) is 22.1 Å². The average Bonchev–Trinajstić information content (AvgIpc) is 2.81. The van der Waals surface area contributed by atoms with Crippen molar-refractivity contribution in [3.63, 3.8) is 0 Å². The van der Waals surface area contributed by atoms with Crippen LogP contribution < -0.4 is 16.6 Å². The standard InChI is InChI=1S/C11H12ClN5OS/c1-6-14-4-8(19-6)5-16-11(18)7-2-9(12)10(17-13)15-3-7/h2-4H,5,13H2,1H3,(H,15,17)(H,16,18). The van der Waals surface area contributed by atoms with Crippen molar-refractivity contribution in [3.05, 3.63) is 38.9 Å². The SMILES string of the molecule is Cc1ncc(CNC(=O)c2cnc(NN)c(Cl)c2)s1. The molecule has 4 N–H and O–H groups in total. The van der Waals surface area contributed by atoms with Gasteiger partial charge in [0.2, 0.25) is 0 Å². The number of hydrogen-bond donors (Lipinski definition) is 3. The molecule has 8 heteroatoms. The van der Waals surface area contributed by atoms with E-state index in [1.807, 2.05) is 6.92 Å². The van der Waals surface area contributed by atoms with E-state index >= 15 is 0 Å². The van der Waals surface area contributed by atoms with E-state index in [9.17, 15) is 4.79 Å². The second kappa shape index (κ2) is 5.96. The molecule has 0 saturated heterocycles. The van der Waals surface area contributed by atoms with Gasteiger partial charge in [0.25, 0.3) is 5.91 Å². The Labute approximate surface area is 119 Å². The fourth-order valence-corrected chi connectivity index (χ4v) is 2.38. The van der Waals surface area contributed by atoms with Gasteiger partial charge in [-0.1, -0.05) is 11.6 Å². The number of pyridine rings is 1. The first-order valence-corrected chi connectivity index (χ1v) is 6.61. The molecule has 1 amide bonds. The van der Waals surface area contributed by atoms with E-state index in [0.717, 1.165) is 9.88 Å². The minimum absolute atomic E-state index is 0.246. The number of hydrazine groups is 1. The molecule has 0 atom stereocenters. The molecule has 0 radical (unpaired) electrons. The third kappa shape index (κ3) is 3.40. The van der Waals surface area contributed by atoms with Gasteiger partial charge in [0, 0.05) is 17.3 Å². The van der Waals surface area contributed by atoms with Crippen LogP contribution in [0.5, 0.6) is 0 Å². The number of nitrogens with two attached hydrogens (primary N) is 1. The molecule has 0 spiro atoms. The van der Waals surface area contributed by atoms with Crippen molar-refractivity contribution >= 4 is 34.7 Å². The number of nitrogens with zero attached hydrogens (tertiary/aromatic N) is 2. The van der Waals surface area contributed by atoms with Gasteiger partial charge in [-0.2, -0.15) is 0 Å². The summed E-state index contributed by atoms with van der Waals surface area (Å²) >= 11 is 7.44. The van der Waals surface area contributed by atoms with Gasteiger partial charge in [-0.15, -0.1) is 11.3 Å². The van der Waals surface area contributed by atoms with Crippen molar-refractivity contribution in [2.45, 2.75) is 13.5 Å². The zero-order valence-electron chi connectivity index (χ0n) is 10.1. The van der Waals surface area contributed by atoms with Gasteiger partial charge in [-0.05, 0) is 13.0 Å². The van der Waals surface area contributed by atoms with Crippen LogP contribution in [0.3, 0.4) is 0 Å². The van der Waals surface area contributed by atoms with Crippen molar-refractivity contribution in [1.29, 1.82) is 0 Å². The molecular formula is C11H12ClN5OS. The lowest BCUT2D eigenvalue weighted by molar-refractivity contribution is 0.0951. The van der Waals surface area contributed by atoms with Crippen LogP contribution in [0.25, 0.3) is 0 Å². The van der Waals surface area contributed by atoms with E-state index in [-0.39, 0.29) is 5.91 Å². The van der Waals surface area contributed by atoms with Crippen LogP contribution in [0.2, 0.25) is 5.02 Å². The molecule has 2 aromatic rings. The predicted molar refractivity (Wildman–Crippen MR) is 75.1 cm³/mol. The van der Waals surface area contributed by atoms with Crippen molar-refractivity contribution in [2.24, 2.45) is 5.84 Å². The summed E-state index contributed by atoms with van der Waals surface area (Å²) in [5, 5.41) is 4.03. The minimum Gasteiger partial charge on any atom is -0.347 e. The van der Waals surface area contributed by atoms with Crippen molar-refractivity contribution in [1.82, 2.24) is 15.3 Å². The Bertz CT molecular complexity index is 601. The molecule has 0 aliphatic carbocycles. The average molecular weight is 298 g/mol. The van der Waals surface area contributed by atoms with Gasteiger partial charge in [-0.3, -0.25) is 4.79 Å². The van der Waals surface area contributed by atoms with E-state index in [0.29, 0.717) is 22.9 Å². The van der Waals surface area contributed by atoms with Crippen LogP contribution >= 0.6 is 22.9 Å². The number of aromatic nitrogens is 2. The van der Waals surface area contributed by atoms with Crippen LogP contribution in [0.4, 0.5) is 5.82 Å². The van der Waals surface area contributed by atoms with Gasteiger partial charge >= 0.3 is 0 Å². The summed E-state index contributed by atoms with van der Waals surface area (Å²) in [5.74, 6) is 5.29. The lowest BCUT2D eigenvalue weighted by Gasteiger charge is -2.06. The van der Waals surface area contributed by atoms with Gasteiger partial charge in [-0.25, -0.2) is 15.8 Å². The van der Waals surface area contributed by atoms with Gasteiger partial charge < -0.3 is 10.7 Å². The van der Waals surface area contributed by atoms with Crippen molar-refractivity contribution in [3.8, 4) is 0 Å². The van der Waals surface area contributed by atoms with Crippen molar-refractivity contribution < 1.29 is 4.79 Å². The number of anilines is 1. The molecule has 0 aromatic carbocycles. The zero-order valence-corrected chi connectivity index (χ0v) is 11.7. The van der Waals surface area contributed by atoms with Crippen LogP contribution in [0, 0.1) is 6.92 Å². The number of hydrogen-bond acceptors (Lipinski definition) is 6. The summed E-state index contributed by atoms with van der Waals surface area (Å²) in [6.45, 7) is 2.34. The van der Waals surface area contributed by atoms with E-state index in [4.69, 9.17) is 17.4 Å². The summed E-state index contributed by atoms with van der Waals surface area (Å²) in [5.41, 5.74) is 2.72. The van der Waals surface area contributed by atoms with E-state index in [1.54, 1.807) is 17.5 Å². The predicted octanol–water partition coefficient (Wildman–Crippen LogP) is 1.72. The van der Waals surface area contributed by atoms with Gasteiger partial charge in [0.15, 0.2) is 5.82 Å². The lowest BCUT2D eigenvalue weighted by Crippen LogP contribution is -2.22. The number of carbonyl (C=O) groups is 1. The molecule has 2 rings (SSSR count). The van der Waals surface area contributed by atoms with Gasteiger partial charge in [0.1, 0.15) is 0 Å². The summed E-state index contributed by atoms with van der Waals surface area (Å²) in [6.07, 6.45) is 3.15. The molecule has 0 saturated carbocycles. The first-order valence-electron chi connectivity index (χ1n) is 5.42. The minimum atomic E-state index is -0.246. The second-order valence-electron chi connectivity index (χ2n) is 3.73. The smallest absolute Gasteiger partial charge is 0.253 e. The number of nitrogens with one attached hydrogen (secondary N) is 2. The molecule has 19 heavy (non-hydrogen) atoms. The molecule has 0 bridgehead atoms. The Kier molecular flexibility index (Phi) is 4.31. The second-order valence-corrected chi connectivity index (χ2v) is 5.45. The first kappa shape index (κ1) is 13.7. The number of aryl methyl sites for hydroxylation is 1. The Balaban J connectivity index is 2.01. The molecule has 0 aliphatic rings. The maximum Gasteiger partial charge on any atom is 0.253 e. The number of carbonyl (C=O) groups excluding carboxylic acids is 1. The number of thiazole rings is 1. The van der Waals surface area contributed by atoms with Crippen molar-refractivity contribution in [2.75, 3.05) is 5.43 Å². The molecule has 0 unspecified atom stereocenters. The van der Waals surface area contributed by atoms with Crippen LogP contribution in [-0.2, 0) is 6.54 Å². The largest absolute Gasteiger partial charge is 0.347 e. The molecule has 100 valence electrons. The number of halogens is 1. The third-order valence-electron chi connectivity index (χ3n) is 2.33.